The van der Waals surface area contributed by atoms with Crippen LogP contribution in [-0.4, -0.2) is 15.0 Å². The van der Waals surface area contributed by atoms with Gasteiger partial charge in [0.1, 0.15) is 0 Å². The number of rotatable bonds is 6. The predicted molar refractivity (Wildman–Crippen MR) is 75.5 cm³/mol. The molecule has 19 heavy (non-hydrogen) atoms. The molecule has 0 aliphatic heterocycles. The lowest BCUT2D eigenvalue weighted by molar-refractivity contribution is 0.334. The lowest BCUT2D eigenvalue weighted by Gasteiger charge is -2.24. The van der Waals surface area contributed by atoms with Crippen molar-refractivity contribution in [1.82, 2.24) is 20.4 Å². The summed E-state index contributed by atoms with van der Waals surface area (Å²) in [5.74, 6) is 6.21. The molecule has 0 saturated carbocycles. The van der Waals surface area contributed by atoms with Gasteiger partial charge in [0, 0.05) is 0 Å². The van der Waals surface area contributed by atoms with E-state index in [9.17, 15) is 0 Å². The smallest absolute Gasteiger partial charge is 0.0831 e. The fourth-order valence-electron chi connectivity index (χ4n) is 2.45. The van der Waals surface area contributed by atoms with Gasteiger partial charge in [-0.05, 0) is 18.1 Å². The maximum Gasteiger partial charge on any atom is 0.0831 e. The van der Waals surface area contributed by atoms with Crippen molar-refractivity contribution < 1.29 is 0 Å². The molecular formula is C14H21N5. The number of hydrogen-bond donors (Lipinski definition) is 2. The van der Waals surface area contributed by atoms with Gasteiger partial charge in [-0.1, -0.05) is 50.1 Å². The molecule has 0 radical (unpaired) electrons. The maximum atomic E-state index is 5.74. The van der Waals surface area contributed by atoms with Gasteiger partial charge in [-0.2, -0.15) is 0 Å². The Morgan fingerprint density at radius 1 is 1.21 bits per heavy atom. The number of para-hydroxylation sites is 1. The molecule has 0 fully saturated rings. The van der Waals surface area contributed by atoms with Gasteiger partial charge in [-0.3, -0.25) is 11.3 Å². The van der Waals surface area contributed by atoms with Crippen molar-refractivity contribution in [3.8, 4) is 5.69 Å². The molecule has 1 heterocycles. The van der Waals surface area contributed by atoms with E-state index in [2.05, 4.69) is 29.6 Å². The summed E-state index contributed by atoms with van der Waals surface area (Å²) < 4.78 is 1.85. The largest absolute Gasteiger partial charge is 0.271 e. The summed E-state index contributed by atoms with van der Waals surface area (Å²) >= 11 is 0. The monoisotopic (exact) mass is 259 g/mol. The van der Waals surface area contributed by atoms with Gasteiger partial charge < -0.3 is 0 Å². The Hall–Kier alpha value is -1.72. The molecule has 5 heteroatoms. The van der Waals surface area contributed by atoms with E-state index in [0.29, 0.717) is 5.92 Å². The molecule has 0 bridgehead atoms. The number of nitrogens with two attached hydrogens (primary N) is 1. The molecule has 2 rings (SSSR count). The molecule has 1 atom stereocenters. The first-order chi connectivity index (χ1) is 9.31. The highest BCUT2D eigenvalue weighted by Crippen LogP contribution is 2.27. The van der Waals surface area contributed by atoms with Crippen LogP contribution in [0.1, 0.15) is 38.4 Å². The molecule has 0 spiro atoms. The molecule has 102 valence electrons. The summed E-state index contributed by atoms with van der Waals surface area (Å²) in [4.78, 5) is 0. The van der Waals surface area contributed by atoms with Crippen LogP contribution in [0.25, 0.3) is 5.69 Å². The Morgan fingerprint density at radius 3 is 2.47 bits per heavy atom. The van der Waals surface area contributed by atoms with Crippen LogP contribution in [0.3, 0.4) is 0 Å². The van der Waals surface area contributed by atoms with Gasteiger partial charge in [-0.15, -0.1) is 5.10 Å². The molecule has 5 nitrogen and oxygen atoms in total. The number of aromatic nitrogens is 3. The zero-order valence-corrected chi connectivity index (χ0v) is 11.5. The van der Waals surface area contributed by atoms with Crippen LogP contribution in [0.15, 0.2) is 36.5 Å². The maximum absolute atomic E-state index is 5.74. The van der Waals surface area contributed by atoms with E-state index in [1.807, 2.05) is 35.0 Å². The van der Waals surface area contributed by atoms with Crippen LogP contribution in [0, 0.1) is 5.92 Å². The fourth-order valence-corrected chi connectivity index (χ4v) is 2.45. The van der Waals surface area contributed by atoms with Crippen molar-refractivity contribution in [2.45, 2.75) is 32.7 Å². The number of benzene rings is 1. The first-order valence-corrected chi connectivity index (χ1v) is 6.73. The summed E-state index contributed by atoms with van der Waals surface area (Å²) in [6.07, 6.45) is 3.91. The Labute approximate surface area is 113 Å². The van der Waals surface area contributed by atoms with E-state index in [1.165, 1.54) is 0 Å². The third kappa shape index (κ3) is 2.83. The molecule has 1 aromatic carbocycles. The quantitative estimate of drug-likeness (QED) is 0.616. The molecule has 1 unspecified atom stereocenters. The zero-order chi connectivity index (χ0) is 13.7. The minimum absolute atomic E-state index is 0.0604. The second-order valence-electron chi connectivity index (χ2n) is 4.63. The van der Waals surface area contributed by atoms with Gasteiger partial charge in [0.05, 0.1) is 23.6 Å². The van der Waals surface area contributed by atoms with Crippen molar-refractivity contribution in [1.29, 1.82) is 0 Å². The number of hydrogen-bond acceptors (Lipinski definition) is 4. The van der Waals surface area contributed by atoms with E-state index < -0.39 is 0 Å². The third-order valence-electron chi connectivity index (χ3n) is 3.59. The van der Waals surface area contributed by atoms with Gasteiger partial charge in [0.2, 0.25) is 0 Å². The Kier molecular flexibility index (Phi) is 4.65. The van der Waals surface area contributed by atoms with Crippen LogP contribution < -0.4 is 11.3 Å². The Morgan fingerprint density at radius 2 is 1.89 bits per heavy atom. The normalized spacial score (nSPS) is 12.8. The van der Waals surface area contributed by atoms with E-state index in [0.717, 1.165) is 24.2 Å². The summed E-state index contributed by atoms with van der Waals surface area (Å²) in [7, 11) is 0. The van der Waals surface area contributed by atoms with Crippen molar-refractivity contribution in [2.24, 2.45) is 11.8 Å². The zero-order valence-electron chi connectivity index (χ0n) is 11.5. The molecule has 0 saturated heterocycles. The fraction of sp³-hybridized carbons (Fsp3) is 0.429. The molecule has 3 N–H and O–H groups in total. The average Bonchev–Trinajstić information content (AvgIpc) is 2.94. The first kappa shape index (κ1) is 13.7. The van der Waals surface area contributed by atoms with E-state index >= 15 is 0 Å². The minimum atomic E-state index is 0.0604. The second-order valence-corrected chi connectivity index (χ2v) is 4.63. The van der Waals surface area contributed by atoms with Crippen LogP contribution in [0.2, 0.25) is 0 Å². The molecule has 2 aromatic rings. The van der Waals surface area contributed by atoms with Gasteiger partial charge in [0.15, 0.2) is 0 Å². The second kappa shape index (κ2) is 6.45. The molecule has 0 aliphatic rings. The predicted octanol–water partition coefficient (Wildman–Crippen LogP) is 2.21. The lowest BCUT2D eigenvalue weighted by Crippen LogP contribution is -2.34. The Balaban J connectivity index is 2.38. The standard InChI is InChI=1S/C14H21N5/c1-3-11(4-2)14(17-15)13-10-16-18-19(13)12-8-6-5-7-9-12/h5-11,14,17H,3-4,15H2,1-2H3. The summed E-state index contributed by atoms with van der Waals surface area (Å²) in [5, 5.41) is 8.21. The number of hydrazine groups is 1. The van der Waals surface area contributed by atoms with Crippen molar-refractivity contribution in [3.05, 3.63) is 42.2 Å². The van der Waals surface area contributed by atoms with Crippen LogP contribution in [0.4, 0.5) is 0 Å². The third-order valence-corrected chi connectivity index (χ3v) is 3.59. The van der Waals surface area contributed by atoms with E-state index in [-0.39, 0.29) is 6.04 Å². The lowest BCUT2D eigenvalue weighted by atomic mass is 9.92. The summed E-state index contributed by atoms with van der Waals surface area (Å²) in [6.45, 7) is 4.35. The highest BCUT2D eigenvalue weighted by atomic mass is 15.4. The SMILES string of the molecule is CCC(CC)C(NN)c1cnnn1-c1ccccc1. The number of nitrogens with zero attached hydrogens (tertiary/aromatic N) is 3. The average molecular weight is 259 g/mol. The molecule has 1 aromatic heterocycles. The summed E-state index contributed by atoms with van der Waals surface area (Å²) in [5.41, 5.74) is 4.92. The van der Waals surface area contributed by atoms with Gasteiger partial charge in [0.25, 0.3) is 0 Å². The van der Waals surface area contributed by atoms with Crippen molar-refractivity contribution in [2.75, 3.05) is 0 Å². The Bertz CT molecular complexity index is 490. The minimum Gasteiger partial charge on any atom is -0.271 e. The highest BCUT2D eigenvalue weighted by molar-refractivity contribution is 5.32. The van der Waals surface area contributed by atoms with Crippen molar-refractivity contribution >= 4 is 0 Å². The van der Waals surface area contributed by atoms with Crippen LogP contribution in [0.5, 0.6) is 0 Å². The van der Waals surface area contributed by atoms with Gasteiger partial charge >= 0.3 is 0 Å². The number of nitrogens with one attached hydrogen (secondary N) is 1. The summed E-state index contributed by atoms with van der Waals surface area (Å²) in [6, 6.07) is 10.0. The van der Waals surface area contributed by atoms with E-state index in [1.54, 1.807) is 6.20 Å². The van der Waals surface area contributed by atoms with Crippen LogP contribution >= 0.6 is 0 Å². The van der Waals surface area contributed by atoms with E-state index in [4.69, 9.17) is 5.84 Å². The molecule has 0 amide bonds. The van der Waals surface area contributed by atoms with Crippen LogP contribution in [-0.2, 0) is 0 Å². The molecule has 0 aliphatic carbocycles. The van der Waals surface area contributed by atoms with Crippen molar-refractivity contribution in [3.63, 3.8) is 0 Å². The molecular weight excluding hydrogens is 238 g/mol. The highest BCUT2D eigenvalue weighted by Gasteiger charge is 2.23. The van der Waals surface area contributed by atoms with Gasteiger partial charge in [-0.25, -0.2) is 4.68 Å². The topological polar surface area (TPSA) is 68.8 Å². The first-order valence-electron chi connectivity index (χ1n) is 6.73.